The Kier molecular flexibility index (Phi) is 4.61. The van der Waals surface area contributed by atoms with E-state index in [1.165, 1.54) is 6.07 Å². The molecule has 5 nitrogen and oxygen atoms in total. The third kappa shape index (κ3) is 3.36. The monoisotopic (exact) mass is 284 g/mol. The minimum absolute atomic E-state index is 0.0485. The van der Waals surface area contributed by atoms with Crippen molar-refractivity contribution in [3.05, 3.63) is 33.3 Å². The Bertz CT molecular complexity index is 461. The van der Waals surface area contributed by atoms with E-state index >= 15 is 0 Å². The second-order valence-electron chi connectivity index (χ2n) is 4.56. The lowest BCUT2D eigenvalue weighted by atomic mass is 10.2. The third-order valence-electron chi connectivity index (χ3n) is 3.30. The van der Waals surface area contributed by atoms with Gasteiger partial charge in [0.05, 0.1) is 11.0 Å². The molecule has 0 spiro atoms. The minimum atomic E-state index is -0.390. The molecule has 104 valence electrons. The van der Waals surface area contributed by atoms with Gasteiger partial charge in [0, 0.05) is 30.8 Å². The van der Waals surface area contributed by atoms with Crippen molar-refractivity contribution in [1.82, 2.24) is 0 Å². The number of likely N-dealkylation sites (N-methyl/N-ethyl adjacent to an activating group) is 1. The number of ether oxygens (including phenoxy) is 1. The lowest BCUT2D eigenvalue weighted by molar-refractivity contribution is -0.384. The quantitative estimate of drug-likeness (QED) is 0.615. The van der Waals surface area contributed by atoms with E-state index in [0.29, 0.717) is 23.8 Å². The first-order valence-electron chi connectivity index (χ1n) is 6.42. The predicted molar refractivity (Wildman–Crippen MR) is 75.0 cm³/mol. The van der Waals surface area contributed by atoms with Gasteiger partial charge in [0.15, 0.2) is 0 Å². The van der Waals surface area contributed by atoms with Crippen LogP contribution in [-0.2, 0) is 4.74 Å². The van der Waals surface area contributed by atoms with E-state index in [-0.39, 0.29) is 16.7 Å². The van der Waals surface area contributed by atoms with Crippen molar-refractivity contribution in [1.29, 1.82) is 0 Å². The molecule has 1 atom stereocenters. The molecule has 0 saturated carbocycles. The zero-order chi connectivity index (χ0) is 13.8. The molecule has 1 heterocycles. The molecule has 0 aromatic heterocycles. The Labute approximate surface area is 117 Å². The summed E-state index contributed by atoms with van der Waals surface area (Å²) in [4.78, 5) is 12.7. The van der Waals surface area contributed by atoms with Crippen LogP contribution in [0.1, 0.15) is 19.8 Å². The van der Waals surface area contributed by atoms with Crippen LogP contribution in [0.5, 0.6) is 0 Å². The van der Waals surface area contributed by atoms with Crippen molar-refractivity contribution in [2.45, 2.75) is 25.9 Å². The topological polar surface area (TPSA) is 55.6 Å². The van der Waals surface area contributed by atoms with Crippen molar-refractivity contribution in [2.75, 3.05) is 24.6 Å². The molecule has 0 radical (unpaired) electrons. The first-order chi connectivity index (χ1) is 9.11. The average molecular weight is 285 g/mol. The normalized spacial score (nSPS) is 18.5. The summed E-state index contributed by atoms with van der Waals surface area (Å²) in [5, 5.41) is 11.5. The Hall–Kier alpha value is -1.33. The Balaban J connectivity index is 2.23. The fourth-order valence-corrected chi connectivity index (χ4v) is 2.51. The summed E-state index contributed by atoms with van der Waals surface area (Å²) in [7, 11) is 0. The van der Waals surface area contributed by atoms with E-state index in [2.05, 4.69) is 0 Å². The van der Waals surface area contributed by atoms with Gasteiger partial charge in [-0.05, 0) is 31.9 Å². The molecule has 1 aromatic rings. The number of hydrogen-bond acceptors (Lipinski definition) is 4. The van der Waals surface area contributed by atoms with Crippen molar-refractivity contribution >= 4 is 23.0 Å². The number of nitro groups is 1. The van der Waals surface area contributed by atoms with E-state index in [4.69, 9.17) is 16.3 Å². The SMILES string of the molecule is CCN(CC1CCCO1)c1ccc(Cl)cc1[N+](=O)[O-]. The zero-order valence-corrected chi connectivity index (χ0v) is 11.6. The van der Waals surface area contributed by atoms with Crippen LogP contribution in [0.15, 0.2) is 18.2 Å². The number of benzene rings is 1. The van der Waals surface area contributed by atoms with E-state index in [0.717, 1.165) is 19.4 Å². The number of hydrogen-bond donors (Lipinski definition) is 0. The standard InChI is InChI=1S/C13H17ClN2O3/c1-2-15(9-11-4-3-7-19-11)12-6-5-10(14)8-13(12)16(17)18/h5-6,8,11H,2-4,7,9H2,1H3. The Morgan fingerprint density at radius 1 is 1.58 bits per heavy atom. The summed E-state index contributed by atoms with van der Waals surface area (Å²) in [6, 6.07) is 4.79. The molecule has 1 aliphatic heterocycles. The summed E-state index contributed by atoms with van der Waals surface area (Å²) in [5.41, 5.74) is 0.653. The zero-order valence-electron chi connectivity index (χ0n) is 10.8. The maximum Gasteiger partial charge on any atom is 0.294 e. The summed E-state index contributed by atoms with van der Waals surface area (Å²) in [5.74, 6) is 0. The molecule has 1 unspecified atom stereocenters. The number of nitrogens with zero attached hydrogens (tertiary/aromatic N) is 2. The Morgan fingerprint density at radius 2 is 2.37 bits per heavy atom. The van der Waals surface area contributed by atoms with Crippen molar-refractivity contribution in [2.24, 2.45) is 0 Å². The van der Waals surface area contributed by atoms with Crippen LogP contribution in [-0.4, -0.2) is 30.7 Å². The van der Waals surface area contributed by atoms with Gasteiger partial charge in [-0.3, -0.25) is 10.1 Å². The van der Waals surface area contributed by atoms with Crippen LogP contribution in [0, 0.1) is 10.1 Å². The summed E-state index contributed by atoms with van der Waals surface area (Å²) >= 11 is 5.83. The minimum Gasteiger partial charge on any atom is -0.376 e. The van der Waals surface area contributed by atoms with Gasteiger partial charge in [0.1, 0.15) is 5.69 Å². The van der Waals surface area contributed by atoms with Gasteiger partial charge in [-0.2, -0.15) is 0 Å². The second kappa shape index (κ2) is 6.21. The van der Waals surface area contributed by atoms with Crippen LogP contribution in [0.4, 0.5) is 11.4 Å². The Morgan fingerprint density at radius 3 is 2.95 bits per heavy atom. The van der Waals surface area contributed by atoms with E-state index in [1.54, 1.807) is 12.1 Å². The second-order valence-corrected chi connectivity index (χ2v) is 5.00. The molecule has 0 N–H and O–H groups in total. The van der Waals surface area contributed by atoms with Gasteiger partial charge >= 0.3 is 0 Å². The van der Waals surface area contributed by atoms with Crippen molar-refractivity contribution in [3.8, 4) is 0 Å². The number of anilines is 1. The molecule has 0 amide bonds. The molecular formula is C13H17ClN2O3. The molecule has 1 aromatic carbocycles. The van der Waals surface area contributed by atoms with Gasteiger partial charge in [-0.25, -0.2) is 0 Å². The van der Waals surface area contributed by atoms with Crippen LogP contribution >= 0.6 is 11.6 Å². The summed E-state index contributed by atoms with van der Waals surface area (Å²) in [6.07, 6.45) is 2.23. The smallest absolute Gasteiger partial charge is 0.294 e. The van der Waals surface area contributed by atoms with Gasteiger partial charge in [0.25, 0.3) is 5.69 Å². The highest BCUT2D eigenvalue weighted by Gasteiger charge is 2.23. The first-order valence-corrected chi connectivity index (χ1v) is 6.80. The number of nitro benzene ring substituents is 1. The van der Waals surface area contributed by atoms with E-state index < -0.39 is 0 Å². The van der Waals surface area contributed by atoms with Crippen molar-refractivity contribution < 1.29 is 9.66 Å². The van der Waals surface area contributed by atoms with Gasteiger partial charge in [-0.15, -0.1) is 0 Å². The molecule has 0 aliphatic carbocycles. The van der Waals surface area contributed by atoms with Gasteiger partial charge < -0.3 is 9.64 Å². The van der Waals surface area contributed by atoms with Crippen LogP contribution < -0.4 is 4.90 Å². The molecular weight excluding hydrogens is 268 g/mol. The molecule has 19 heavy (non-hydrogen) atoms. The fraction of sp³-hybridized carbons (Fsp3) is 0.538. The van der Waals surface area contributed by atoms with Crippen LogP contribution in [0.3, 0.4) is 0 Å². The van der Waals surface area contributed by atoms with Crippen molar-refractivity contribution in [3.63, 3.8) is 0 Å². The van der Waals surface area contributed by atoms with E-state index in [1.807, 2.05) is 11.8 Å². The predicted octanol–water partition coefficient (Wildman–Crippen LogP) is 3.25. The molecule has 0 bridgehead atoms. The first kappa shape index (κ1) is 14.1. The third-order valence-corrected chi connectivity index (χ3v) is 3.54. The molecule has 1 saturated heterocycles. The fourth-order valence-electron chi connectivity index (χ4n) is 2.34. The van der Waals surface area contributed by atoms with E-state index in [9.17, 15) is 10.1 Å². The highest BCUT2D eigenvalue weighted by atomic mass is 35.5. The molecule has 1 aliphatic rings. The van der Waals surface area contributed by atoms with Crippen LogP contribution in [0.2, 0.25) is 5.02 Å². The molecule has 6 heteroatoms. The lowest BCUT2D eigenvalue weighted by Crippen LogP contribution is -2.32. The largest absolute Gasteiger partial charge is 0.376 e. The number of rotatable bonds is 5. The van der Waals surface area contributed by atoms with Gasteiger partial charge in [0.2, 0.25) is 0 Å². The lowest BCUT2D eigenvalue weighted by Gasteiger charge is -2.25. The highest BCUT2D eigenvalue weighted by molar-refractivity contribution is 6.30. The molecule has 1 fully saturated rings. The summed E-state index contributed by atoms with van der Waals surface area (Å²) in [6.45, 7) is 4.14. The highest BCUT2D eigenvalue weighted by Crippen LogP contribution is 2.31. The summed E-state index contributed by atoms with van der Waals surface area (Å²) < 4.78 is 5.59. The van der Waals surface area contributed by atoms with Crippen LogP contribution in [0.25, 0.3) is 0 Å². The molecule has 2 rings (SSSR count). The van der Waals surface area contributed by atoms with Gasteiger partial charge in [-0.1, -0.05) is 11.6 Å². The average Bonchev–Trinajstić information content (AvgIpc) is 2.89. The maximum absolute atomic E-state index is 11.1. The number of halogens is 1. The maximum atomic E-state index is 11.1.